The lowest BCUT2D eigenvalue weighted by molar-refractivity contribution is 0.100. The minimum absolute atomic E-state index is 0.366. The average Bonchev–Trinajstić information content (AvgIpc) is 2.76. The van der Waals surface area contributed by atoms with Crippen molar-refractivity contribution < 1.29 is 4.79 Å². The zero-order chi connectivity index (χ0) is 13.0. The number of benzene rings is 1. The number of amides is 1. The van der Waals surface area contributed by atoms with Gasteiger partial charge in [0.25, 0.3) is 0 Å². The summed E-state index contributed by atoms with van der Waals surface area (Å²) in [6.07, 6.45) is 4.09. The van der Waals surface area contributed by atoms with E-state index in [-0.39, 0.29) is 5.91 Å². The molecular weight excluding hydrogens is 224 g/mol. The molecule has 0 spiro atoms. The average molecular weight is 246 g/mol. The Morgan fingerprint density at radius 3 is 2.61 bits per heavy atom. The molecule has 0 bridgehead atoms. The van der Waals surface area contributed by atoms with Crippen molar-refractivity contribution in [3.8, 4) is 0 Å². The number of carbonyl (C=O) groups excluding carboxylic acids is 1. The van der Waals surface area contributed by atoms with Crippen LogP contribution in [0.4, 0.5) is 0 Å². The predicted molar refractivity (Wildman–Crippen MR) is 73.2 cm³/mol. The van der Waals surface area contributed by atoms with Crippen molar-refractivity contribution in [2.75, 3.05) is 6.54 Å². The number of rotatable bonds is 5. The van der Waals surface area contributed by atoms with Gasteiger partial charge < -0.3 is 11.1 Å². The fourth-order valence-electron chi connectivity index (χ4n) is 2.72. The molecule has 1 aromatic carbocycles. The molecule has 3 N–H and O–H groups in total. The van der Waals surface area contributed by atoms with Gasteiger partial charge in [0.15, 0.2) is 0 Å². The van der Waals surface area contributed by atoms with Crippen LogP contribution in [0, 0.1) is 11.8 Å². The first-order chi connectivity index (χ1) is 8.65. The van der Waals surface area contributed by atoms with Crippen LogP contribution in [0.5, 0.6) is 0 Å². The van der Waals surface area contributed by atoms with Crippen molar-refractivity contribution in [1.29, 1.82) is 0 Å². The lowest BCUT2D eigenvalue weighted by Gasteiger charge is -2.11. The highest BCUT2D eigenvalue weighted by molar-refractivity contribution is 5.92. The van der Waals surface area contributed by atoms with E-state index in [9.17, 15) is 4.79 Å². The second-order valence-corrected chi connectivity index (χ2v) is 5.48. The molecule has 3 nitrogen and oxygen atoms in total. The molecule has 0 aromatic heterocycles. The van der Waals surface area contributed by atoms with E-state index in [4.69, 9.17) is 5.73 Å². The monoisotopic (exact) mass is 246 g/mol. The lowest BCUT2D eigenvalue weighted by atomic mass is 10.1. The number of nitrogens with one attached hydrogen (secondary N) is 1. The van der Waals surface area contributed by atoms with Gasteiger partial charge in [-0.25, -0.2) is 0 Å². The highest BCUT2D eigenvalue weighted by Crippen LogP contribution is 2.29. The fourth-order valence-corrected chi connectivity index (χ4v) is 2.72. The van der Waals surface area contributed by atoms with Crippen LogP contribution in [0.3, 0.4) is 0 Å². The van der Waals surface area contributed by atoms with Crippen LogP contribution in [0.1, 0.15) is 42.1 Å². The minimum Gasteiger partial charge on any atom is -0.366 e. The molecule has 0 radical (unpaired) electrons. The highest BCUT2D eigenvalue weighted by Gasteiger charge is 2.20. The molecule has 2 rings (SSSR count). The third-order valence-corrected chi connectivity index (χ3v) is 3.80. The van der Waals surface area contributed by atoms with E-state index >= 15 is 0 Å². The van der Waals surface area contributed by atoms with Crippen molar-refractivity contribution >= 4 is 5.91 Å². The Labute approximate surface area is 109 Å². The zero-order valence-electron chi connectivity index (χ0n) is 11.0. The number of primary amides is 1. The Bertz CT molecular complexity index is 399. The lowest BCUT2D eigenvalue weighted by Crippen LogP contribution is -2.21. The summed E-state index contributed by atoms with van der Waals surface area (Å²) in [5, 5.41) is 3.50. The molecule has 2 unspecified atom stereocenters. The Morgan fingerprint density at radius 2 is 2.06 bits per heavy atom. The SMILES string of the molecule is CC1CCC(CNCc2ccc(C(N)=O)cc2)C1. The molecule has 3 heteroatoms. The molecule has 2 atom stereocenters. The second-order valence-electron chi connectivity index (χ2n) is 5.48. The van der Waals surface area contributed by atoms with E-state index in [1.54, 1.807) is 12.1 Å². The second kappa shape index (κ2) is 6.01. The summed E-state index contributed by atoms with van der Waals surface area (Å²) in [4.78, 5) is 10.9. The van der Waals surface area contributed by atoms with Gasteiger partial charge in [-0.05, 0) is 48.9 Å². The van der Waals surface area contributed by atoms with Crippen molar-refractivity contribution in [3.63, 3.8) is 0 Å². The Kier molecular flexibility index (Phi) is 4.37. The van der Waals surface area contributed by atoms with Crippen LogP contribution in [0.15, 0.2) is 24.3 Å². The normalized spacial score (nSPS) is 23.2. The molecular formula is C15H22N2O. The summed E-state index contributed by atoms with van der Waals surface area (Å²) < 4.78 is 0. The number of carbonyl (C=O) groups is 1. The maximum atomic E-state index is 10.9. The molecule has 0 aliphatic heterocycles. The van der Waals surface area contributed by atoms with Crippen molar-refractivity contribution in [1.82, 2.24) is 5.32 Å². The van der Waals surface area contributed by atoms with Gasteiger partial charge in [0.1, 0.15) is 0 Å². The zero-order valence-corrected chi connectivity index (χ0v) is 11.0. The van der Waals surface area contributed by atoms with Gasteiger partial charge in [0.2, 0.25) is 5.91 Å². The smallest absolute Gasteiger partial charge is 0.248 e. The number of nitrogens with two attached hydrogens (primary N) is 1. The summed E-state index contributed by atoms with van der Waals surface area (Å²) in [6.45, 7) is 4.30. The van der Waals surface area contributed by atoms with Crippen molar-refractivity contribution in [2.24, 2.45) is 17.6 Å². The topological polar surface area (TPSA) is 55.1 Å². The van der Waals surface area contributed by atoms with Gasteiger partial charge in [0, 0.05) is 12.1 Å². The predicted octanol–water partition coefficient (Wildman–Crippen LogP) is 2.31. The van der Waals surface area contributed by atoms with Gasteiger partial charge in [-0.15, -0.1) is 0 Å². The molecule has 18 heavy (non-hydrogen) atoms. The highest BCUT2D eigenvalue weighted by atomic mass is 16.1. The van der Waals surface area contributed by atoms with Gasteiger partial charge >= 0.3 is 0 Å². The van der Waals surface area contributed by atoms with E-state index < -0.39 is 0 Å². The van der Waals surface area contributed by atoms with Crippen LogP contribution < -0.4 is 11.1 Å². The molecule has 1 fully saturated rings. The van der Waals surface area contributed by atoms with E-state index in [1.807, 2.05) is 12.1 Å². The van der Waals surface area contributed by atoms with Crippen LogP contribution >= 0.6 is 0 Å². The first-order valence-electron chi connectivity index (χ1n) is 6.74. The molecule has 1 amide bonds. The van der Waals surface area contributed by atoms with Crippen molar-refractivity contribution in [3.05, 3.63) is 35.4 Å². The van der Waals surface area contributed by atoms with Gasteiger partial charge in [-0.3, -0.25) is 4.79 Å². The molecule has 98 valence electrons. The number of hydrogen-bond donors (Lipinski definition) is 2. The summed E-state index contributed by atoms with van der Waals surface area (Å²) in [6, 6.07) is 7.50. The van der Waals surface area contributed by atoms with Crippen LogP contribution in [0.25, 0.3) is 0 Å². The third kappa shape index (κ3) is 3.57. The quantitative estimate of drug-likeness (QED) is 0.837. The van der Waals surface area contributed by atoms with Crippen LogP contribution in [-0.2, 0) is 6.54 Å². The standard InChI is InChI=1S/C15H22N2O/c1-11-2-3-13(8-11)10-17-9-12-4-6-14(7-5-12)15(16)18/h4-7,11,13,17H,2-3,8-10H2,1H3,(H2,16,18). The summed E-state index contributed by atoms with van der Waals surface area (Å²) in [5.74, 6) is 1.37. The Morgan fingerprint density at radius 1 is 1.33 bits per heavy atom. The third-order valence-electron chi connectivity index (χ3n) is 3.80. The number of hydrogen-bond acceptors (Lipinski definition) is 2. The van der Waals surface area contributed by atoms with Crippen molar-refractivity contribution in [2.45, 2.75) is 32.7 Å². The minimum atomic E-state index is -0.366. The van der Waals surface area contributed by atoms with Gasteiger partial charge in [0.05, 0.1) is 0 Å². The summed E-state index contributed by atoms with van der Waals surface area (Å²) >= 11 is 0. The summed E-state index contributed by atoms with van der Waals surface area (Å²) in [5.41, 5.74) is 6.98. The van der Waals surface area contributed by atoms with E-state index in [0.717, 1.165) is 24.9 Å². The Hall–Kier alpha value is -1.35. The largest absolute Gasteiger partial charge is 0.366 e. The van der Waals surface area contributed by atoms with E-state index in [2.05, 4.69) is 12.2 Å². The maximum absolute atomic E-state index is 10.9. The summed E-state index contributed by atoms with van der Waals surface area (Å²) in [7, 11) is 0. The molecule has 0 saturated heterocycles. The molecule has 1 aliphatic carbocycles. The van der Waals surface area contributed by atoms with Gasteiger partial charge in [-0.1, -0.05) is 25.5 Å². The van der Waals surface area contributed by atoms with Gasteiger partial charge in [-0.2, -0.15) is 0 Å². The molecule has 0 heterocycles. The molecule has 1 aliphatic rings. The molecule has 1 aromatic rings. The van der Waals surface area contributed by atoms with E-state index in [0.29, 0.717) is 5.56 Å². The fraction of sp³-hybridized carbons (Fsp3) is 0.533. The van der Waals surface area contributed by atoms with Crippen LogP contribution in [-0.4, -0.2) is 12.5 Å². The molecule has 1 saturated carbocycles. The Balaban J connectivity index is 1.75. The maximum Gasteiger partial charge on any atom is 0.248 e. The first-order valence-corrected chi connectivity index (χ1v) is 6.74. The first kappa shape index (κ1) is 13.1. The van der Waals surface area contributed by atoms with Crippen LogP contribution in [0.2, 0.25) is 0 Å². The van der Waals surface area contributed by atoms with E-state index in [1.165, 1.54) is 24.8 Å².